The molecule has 0 unspecified atom stereocenters. The van der Waals surface area contributed by atoms with Gasteiger partial charge in [0.25, 0.3) is 0 Å². The number of hydrogen-bond acceptors (Lipinski definition) is 6. The van der Waals surface area contributed by atoms with Crippen molar-refractivity contribution in [2.24, 2.45) is 0 Å². The van der Waals surface area contributed by atoms with E-state index in [4.69, 9.17) is 20.4 Å². The van der Waals surface area contributed by atoms with Crippen molar-refractivity contribution >= 4 is 11.9 Å². The summed E-state index contributed by atoms with van der Waals surface area (Å²) < 4.78 is 4.46. The summed E-state index contributed by atoms with van der Waals surface area (Å²) in [5, 5.41) is 31.3. The van der Waals surface area contributed by atoms with Crippen LogP contribution in [0.25, 0.3) is 0 Å². The van der Waals surface area contributed by atoms with Crippen molar-refractivity contribution in [2.75, 3.05) is 26.4 Å². The maximum atomic E-state index is 10.5. The molecule has 7 nitrogen and oxygen atoms in total. The topological polar surface area (TPSA) is 124 Å². The first-order valence-electron chi connectivity index (χ1n) is 5.28. The number of aliphatic hydroxyl groups is 3. The van der Waals surface area contributed by atoms with Crippen LogP contribution in [0.4, 0.5) is 0 Å². The number of aliphatic carboxylic acids is 1. The number of rotatable bonds is 5. The summed E-state index contributed by atoms with van der Waals surface area (Å²) >= 11 is 0. The van der Waals surface area contributed by atoms with Crippen LogP contribution < -0.4 is 0 Å². The number of hydrogen-bond donors (Lipinski definition) is 4. The van der Waals surface area contributed by atoms with E-state index in [2.05, 4.69) is 17.9 Å². The maximum Gasteiger partial charge on any atom is 0.333 e. The van der Waals surface area contributed by atoms with E-state index in [-0.39, 0.29) is 32.0 Å². The van der Waals surface area contributed by atoms with Gasteiger partial charge in [-0.2, -0.15) is 0 Å². The van der Waals surface area contributed by atoms with Crippen LogP contribution in [-0.2, 0) is 14.3 Å². The molecule has 0 aliphatic rings. The molecule has 7 heteroatoms. The molecule has 0 fully saturated rings. The first-order chi connectivity index (χ1) is 8.74. The summed E-state index contributed by atoms with van der Waals surface area (Å²) in [6.45, 7) is 9.17. The Hall–Kier alpha value is -1.70. The van der Waals surface area contributed by atoms with Crippen molar-refractivity contribution in [3.05, 3.63) is 24.3 Å². The molecule has 0 heterocycles. The van der Waals surface area contributed by atoms with Crippen LogP contribution in [0.15, 0.2) is 24.3 Å². The molecule has 0 aromatic heterocycles. The average molecular weight is 278 g/mol. The number of ether oxygens (including phenoxy) is 1. The van der Waals surface area contributed by atoms with Crippen molar-refractivity contribution in [2.45, 2.75) is 13.8 Å². The van der Waals surface area contributed by atoms with Crippen molar-refractivity contribution < 1.29 is 34.8 Å². The van der Waals surface area contributed by atoms with Gasteiger partial charge in [0.15, 0.2) is 0 Å². The predicted molar refractivity (Wildman–Crippen MR) is 69.5 cm³/mol. The Morgan fingerprint density at radius 2 is 1.32 bits per heavy atom. The third kappa shape index (κ3) is 26.1. The highest BCUT2D eigenvalue weighted by Gasteiger charge is 1.99. The Kier molecular flexibility index (Phi) is 19.3. The molecule has 0 atom stereocenters. The van der Waals surface area contributed by atoms with Gasteiger partial charge >= 0.3 is 11.9 Å². The maximum absolute atomic E-state index is 10.5. The van der Waals surface area contributed by atoms with Crippen LogP contribution in [0, 0.1) is 0 Å². The third-order valence-corrected chi connectivity index (χ3v) is 1.14. The molecule has 19 heavy (non-hydrogen) atoms. The highest BCUT2D eigenvalue weighted by Crippen LogP contribution is 1.89. The number of aliphatic hydroxyl groups excluding tert-OH is 3. The molecule has 0 saturated carbocycles. The fourth-order valence-electron chi connectivity index (χ4n) is 0.262. The SMILES string of the molecule is C=C(C)C(=O)O.C=C(C)C(=O)OCCO.OCCO. The molecule has 112 valence electrons. The monoisotopic (exact) mass is 278 g/mol. The quantitative estimate of drug-likeness (QED) is 0.402. The lowest BCUT2D eigenvalue weighted by Crippen LogP contribution is -2.08. The number of carbonyl (C=O) groups excluding carboxylic acids is 1. The van der Waals surface area contributed by atoms with Gasteiger partial charge in [-0.05, 0) is 13.8 Å². The van der Waals surface area contributed by atoms with Gasteiger partial charge in [-0.15, -0.1) is 0 Å². The van der Waals surface area contributed by atoms with E-state index in [1.54, 1.807) is 6.92 Å². The zero-order valence-electron chi connectivity index (χ0n) is 11.3. The van der Waals surface area contributed by atoms with E-state index in [1.165, 1.54) is 6.92 Å². The van der Waals surface area contributed by atoms with Gasteiger partial charge in [-0.3, -0.25) is 0 Å². The highest BCUT2D eigenvalue weighted by molar-refractivity contribution is 5.86. The zero-order valence-corrected chi connectivity index (χ0v) is 11.3. The van der Waals surface area contributed by atoms with Crippen LogP contribution in [0.5, 0.6) is 0 Å². The minimum atomic E-state index is -0.935. The van der Waals surface area contributed by atoms with Gasteiger partial charge in [0.1, 0.15) is 6.61 Å². The van der Waals surface area contributed by atoms with Gasteiger partial charge < -0.3 is 25.2 Å². The Balaban J connectivity index is -0.000000222. The van der Waals surface area contributed by atoms with Crippen molar-refractivity contribution in [3.8, 4) is 0 Å². The molecule has 0 spiro atoms. The first kappa shape index (κ1) is 22.5. The van der Waals surface area contributed by atoms with Gasteiger partial charge in [0, 0.05) is 11.1 Å². The summed E-state index contributed by atoms with van der Waals surface area (Å²) in [4.78, 5) is 20.1. The van der Waals surface area contributed by atoms with Crippen LogP contribution in [0.2, 0.25) is 0 Å². The van der Waals surface area contributed by atoms with Crippen molar-refractivity contribution in [1.29, 1.82) is 0 Å². The molecule has 0 aromatic rings. The second-order valence-electron chi connectivity index (χ2n) is 3.17. The highest BCUT2D eigenvalue weighted by atomic mass is 16.5. The second kappa shape index (κ2) is 16.3. The Labute approximate surface area is 112 Å². The van der Waals surface area contributed by atoms with Gasteiger partial charge in [-0.1, -0.05) is 13.2 Å². The van der Waals surface area contributed by atoms with E-state index in [0.29, 0.717) is 5.57 Å². The molecule has 0 radical (unpaired) electrons. The summed E-state index contributed by atoms with van der Waals surface area (Å²) in [7, 11) is 0. The van der Waals surface area contributed by atoms with E-state index < -0.39 is 11.9 Å². The smallest absolute Gasteiger partial charge is 0.333 e. The molecular weight excluding hydrogens is 256 g/mol. The number of esters is 1. The lowest BCUT2D eigenvalue weighted by molar-refractivity contribution is -0.140. The number of carbonyl (C=O) groups is 2. The van der Waals surface area contributed by atoms with E-state index in [9.17, 15) is 9.59 Å². The normalized spacial score (nSPS) is 8.05. The minimum Gasteiger partial charge on any atom is -0.478 e. The van der Waals surface area contributed by atoms with E-state index >= 15 is 0 Å². The van der Waals surface area contributed by atoms with Crippen LogP contribution in [0.1, 0.15) is 13.8 Å². The molecule has 0 aromatic carbocycles. The standard InChI is InChI=1S/C6H10O3.C4H6O2.C2H6O2/c1-5(2)6(8)9-4-3-7;1-3(2)4(5)6;3-1-2-4/h7H,1,3-4H2,2H3;1H2,2H3,(H,5,6);3-4H,1-2H2. The summed E-state index contributed by atoms with van der Waals surface area (Å²) in [5.74, 6) is -1.39. The third-order valence-electron chi connectivity index (χ3n) is 1.14. The van der Waals surface area contributed by atoms with Crippen molar-refractivity contribution in [3.63, 3.8) is 0 Å². The van der Waals surface area contributed by atoms with Crippen LogP contribution in [-0.4, -0.2) is 58.8 Å². The van der Waals surface area contributed by atoms with Crippen LogP contribution >= 0.6 is 0 Å². The second-order valence-corrected chi connectivity index (χ2v) is 3.17. The Morgan fingerprint density at radius 3 is 1.47 bits per heavy atom. The minimum absolute atomic E-state index is 0.0473. The van der Waals surface area contributed by atoms with E-state index in [0.717, 1.165) is 0 Å². The molecule has 0 aliphatic heterocycles. The molecule has 0 bridgehead atoms. The molecule has 0 aliphatic carbocycles. The van der Waals surface area contributed by atoms with Gasteiger partial charge in [-0.25, -0.2) is 9.59 Å². The number of carboxylic acids is 1. The van der Waals surface area contributed by atoms with Crippen LogP contribution in [0.3, 0.4) is 0 Å². The molecule has 4 N–H and O–H groups in total. The van der Waals surface area contributed by atoms with Gasteiger partial charge in [0.05, 0.1) is 19.8 Å². The number of carboxylic acid groups (broad SMARTS) is 1. The Bertz CT molecular complexity index is 270. The lowest BCUT2D eigenvalue weighted by Gasteiger charge is -1.99. The molecule has 0 saturated heterocycles. The lowest BCUT2D eigenvalue weighted by atomic mass is 10.4. The fourth-order valence-corrected chi connectivity index (χ4v) is 0.262. The molecular formula is C12H22O7. The predicted octanol–water partition coefficient (Wildman–Crippen LogP) is -0.284. The van der Waals surface area contributed by atoms with Gasteiger partial charge in [0.2, 0.25) is 0 Å². The fraction of sp³-hybridized carbons (Fsp3) is 0.500. The van der Waals surface area contributed by atoms with E-state index in [1.807, 2.05) is 0 Å². The molecule has 0 amide bonds. The summed E-state index contributed by atoms with van der Waals surface area (Å²) in [6, 6.07) is 0. The molecule has 0 rings (SSSR count). The Morgan fingerprint density at radius 1 is 0.947 bits per heavy atom. The zero-order chi connectivity index (χ0) is 15.8. The summed E-state index contributed by atoms with van der Waals surface area (Å²) in [6.07, 6.45) is 0. The summed E-state index contributed by atoms with van der Waals surface area (Å²) in [5.41, 5.74) is 0.526. The average Bonchev–Trinajstić information content (AvgIpc) is 2.36. The largest absolute Gasteiger partial charge is 0.478 e. The van der Waals surface area contributed by atoms with Crippen molar-refractivity contribution in [1.82, 2.24) is 0 Å². The first-order valence-corrected chi connectivity index (χ1v) is 5.28.